The van der Waals surface area contributed by atoms with E-state index in [4.69, 9.17) is 14.7 Å². The van der Waals surface area contributed by atoms with Crippen molar-refractivity contribution in [1.82, 2.24) is 9.97 Å². The third kappa shape index (κ3) is 4.47. The van der Waals surface area contributed by atoms with Crippen LogP contribution in [0, 0.1) is 0 Å². The topological polar surface area (TPSA) is 56.8 Å². The molecule has 2 fully saturated rings. The van der Waals surface area contributed by atoms with Crippen LogP contribution in [-0.2, 0) is 4.74 Å². The highest BCUT2D eigenvalue weighted by molar-refractivity contribution is 5.55. The molecule has 0 radical (unpaired) electrons. The summed E-state index contributed by atoms with van der Waals surface area (Å²) in [6.07, 6.45) is 1.07. The van der Waals surface area contributed by atoms with Gasteiger partial charge in [-0.25, -0.2) is 0 Å². The number of ether oxygens (including phenoxy) is 1. The maximum Gasteiger partial charge on any atom is 0.229 e. The molecule has 2 aliphatic rings. The van der Waals surface area contributed by atoms with E-state index < -0.39 is 0 Å². The van der Waals surface area contributed by atoms with Crippen molar-refractivity contribution in [3.8, 4) is 0 Å². The summed E-state index contributed by atoms with van der Waals surface area (Å²) < 4.78 is 5.50. The maximum absolute atomic E-state index is 5.50. The van der Waals surface area contributed by atoms with Crippen molar-refractivity contribution in [1.29, 1.82) is 0 Å². The molecule has 3 heterocycles. The van der Waals surface area contributed by atoms with Crippen LogP contribution in [0.2, 0.25) is 0 Å². The van der Waals surface area contributed by atoms with Crippen molar-refractivity contribution in [3.63, 3.8) is 0 Å². The summed E-state index contributed by atoms with van der Waals surface area (Å²) in [7, 11) is 0. The van der Waals surface area contributed by atoms with Crippen LogP contribution in [-0.4, -0.2) is 69.0 Å². The second-order valence-corrected chi connectivity index (χ2v) is 7.25. The third-order valence-corrected chi connectivity index (χ3v) is 5.28. The Morgan fingerprint density at radius 1 is 0.893 bits per heavy atom. The fraction of sp³-hybridized carbons (Fsp3) is 0.524. The van der Waals surface area contributed by atoms with Crippen molar-refractivity contribution in [2.75, 3.05) is 79.0 Å². The summed E-state index contributed by atoms with van der Waals surface area (Å²) in [6.45, 7) is 10.2. The molecule has 0 bridgehead atoms. The van der Waals surface area contributed by atoms with E-state index in [1.807, 2.05) is 0 Å². The Morgan fingerprint density at radius 3 is 2.32 bits per heavy atom. The van der Waals surface area contributed by atoms with Crippen LogP contribution < -0.4 is 20.0 Å². The zero-order valence-corrected chi connectivity index (χ0v) is 16.7. The average molecular weight is 383 g/mol. The molecule has 0 saturated carbocycles. The molecule has 1 aromatic heterocycles. The number of morpholine rings is 1. The number of rotatable bonds is 6. The first-order valence-corrected chi connectivity index (χ1v) is 10.3. The molecule has 150 valence electrons. The number of nitrogens with zero attached hydrogens (tertiary/aromatic N) is 5. The quantitative estimate of drug-likeness (QED) is 0.824. The van der Waals surface area contributed by atoms with Crippen molar-refractivity contribution in [2.24, 2.45) is 0 Å². The minimum absolute atomic E-state index is 0.757. The third-order valence-electron chi connectivity index (χ3n) is 5.28. The lowest BCUT2D eigenvalue weighted by atomic mass is 10.2. The predicted molar refractivity (Wildman–Crippen MR) is 115 cm³/mol. The normalized spacial score (nSPS) is 17.7. The fourth-order valence-electron chi connectivity index (χ4n) is 3.66. The van der Waals surface area contributed by atoms with Crippen LogP contribution in [0.1, 0.15) is 13.3 Å². The summed E-state index contributed by atoms with van der Waals surface area (Å²) in [6, 6.07) is 12.7. The molecule has 7 heteroatoms. The van der Waals surface area contributed by atoms with Gasteiger partial charge in [0.15, 0.2) is 0 Å². The zero-order chi connectivity index (χ0) is 19.2. The number of aromatic nitrogens is 2. The van der Waals surface area contributed by atoms with Gasteiger partial charge in [-0.15, -0.1) is 0 Å². The van der Waals surface area contributed by atoms with Gasteiger partial charge in [-0.05, 0) is 18.6 Å². The van der Waals surface area contributed by atoms with E-state index >= 15 is 0 Å². The van der Waals surface area contributed by atoms with E-state index in [9.17, 15) is 0 Å². The lowest BCUT2D eigenvalue weighted by Crippen LogP contribution is -2.47. The highest BCUT2D eigenvalue weighted by Gasteiger charge is 2.22. The number of para-hydroxylation sites is 1. The summed E-state index contributed by atoms with van der Waals surface area (Å²) in [5.74, 6) is 2.74. The number of hydrogen-bond donors (Lipinski definition) is 1. The van der Waals surface area contributed by atoms with Gasteiger partial charge in [-0.2, -0.15) is 9.97 Å². The van der Waals surface area contributed by atoms with E-state index in [-0.39, 0.29) is 0 Å². The minimum atomic E-state index is 0.757. The minimum Gasteiger partial charge on any atom is -0.378 e. The second kappa shape index (κ2) is 9.10. The molecule has 0 aliphatic carbocycles. The van der Waals surface area contributed by atoms with Gasteiger partial charge < -0.3 is 24.8 Å². The molecule has 1 aromatic carbocycles. The molecule has 2 aliphatic heterocycles. The molecular formula is C21H30N6O. The first-order chi connectivity index (χ1) is 13.8. The van der Waals surface area contributed by atoms with Gasteiger partial charge in [0, 0.05) is 57.6 Å². The lowest BCUT2D eigenvalue weighted by molar-refractivity contribution is 0.122. The summed E-state index contributed by atoms with van der Waals surface area (Å²) >= 11 is 0. The Kier molecular flexibility index (Phi) is 6.11. The molecule has 0 atom stereocenters. The summed E-state index contributed by atoms with van der Waals surface area (Å²) in [5.41, 5.74) is 1.29. The molecule has 2 aromatic rings. The molecule has 0 spiro atoms. The van der Waals surface area contributed by atoms with E-state index in [0.717, 1.165) is 83.0 Å². The second-order valence-electron chi connectivity index (χ2n) is 7.25. The molecule has 0 unspecified atom stereocenters. The van der Waals surface area contributed by atoms with Gasteiger partial charge >= 0.3 is 0 Å². The van der Waals surface area contributed by atoms with Crippen LogP contribution in [0.5, 0.6) is 0 Å². The monoisotopic (exact) mass is 382 g/mol. The smallest absolute Gasteiger partial charge is 0.229 e. The van der Waals surface area contributed by atoms with Crippen LogP contribution in [0.4, 0.5) is 23.3 Å². The molecule has 2 saturated heterocycles. The molecule has 7 nitrogen and oxygen atoms in total. The standard InChI is InChI=1S/C21H30N6O/c1-2-8-22-19-17-20(26-13-15-28-16-14-26)24-21(23-19)27-11-9-25(10-12-27)18-6-4-3-5-7-18/h3-7,17H,2,8-16H2,1H3,(H,22,23,24). The van der Waals surface area contributed by atoms with E-state index in [1.165, 1.54) is 5.69 Å². The Hall–Kier alpha value is -2.54. The molecule has 0 amide bonds. The van der Waals surface area contributed by atoms with Gasteiger partial charge in [0.2, 0.25) is 5.95 Å². The van der Waals surface area contributed by atoms with E-state index in [1.54, 1.807) is 0 Å². The first kappa shape index (κ1) is 18.8. The SMILES string of the molecule is CCCNc1cc(N2CCOCC2)nc(N2CCN(c3ccccc3)CC2)n1. The van der Waals surface area contributed by atoms with Crippen molar-refractivity contribution < 1.29 is 4.74 Å². The van der Waals surface area contributed by atoms with Crippen LogP contribution in [0.3, 0.4) is 0 Å². The Bertz CT molecular complexity index is 742. The molecule has 1 N–H and O–H groups in total. The number of hydrogen-bond acceptors (Lipinski definition) is 7. The van der Waals surface area contributed by atoms with Crippen LogP contribution in [0.25, 0.3) is 0 Å². The Morgan fingerprint density at radius 2 is 1.61 bits per heavy atom. The van der Waals surface area contributed by atoms with Crippen LogP contribution >= 0.6 is 0 Å². The predicted octanol–water partition coefficient (Wildman–Crippen LogP) is 2.46. The molecule has 28 heavy (non-hydrogen) atoms. The average Bonchev–Trinajstić information content (AvgIpc) is 2.79. The highest BCUT2D eigenvalue weighted by Crippen LogP contribution is 2.23. The number of anilines is 4. The highest BCUT2D eigenvalue weighted by atomic mass is 16.5. The number of benzene rings is 1. The van der Waals surface area contributed by atoms with Gasteiger partial charge in [-0.3, -0.25) is 0 Å². The van der Waals surface area contributed by atoms with Crippen molar-refractivity contribution in [3.05, 3.63) is 36.4 Å². The first-order valence-electron chi connectivity index (χ1n) is 10.3. The zero-order valence-electron chi connectivity index (χ0n) is 16.7. The van der Waals surface area contributed by atoms with Crippen molar-refractivity contribution >= 4 is 23.3 Å². The van der Waals surface area contributed by atoms with Crippen molar-refractivity contribution in [2.45, 2.75) is 13.3 Å². The van der Waals surface area contributed by atoms with Gasteiger partial charge in [-0.1, -0.05) is 25.1 Å². The maximum atomic E-state index is 5.50. The largest absolute Gasteiger partial charge is 0.378 e. The molecular weight excluding hydrogens is 352 g/mol. The van der Waals surface area contributed by atoms with Gasteiger partial charge in [0.1, 0.15) is 11.6 Å². The van der Waals surface area contributed by atoms with Gasteiger partial charge in [0.05, 0.1) is 13.2 Å². The number of piperazine rings is 1. The lowest BCUT2D eigenvalue weighted by Gasteiger charge is -2.36. The van der Waals surface area contributed by atoms with Crippen LogP contribution in [0.15, 0.2) is 36.4 Å². The molecule has 4 rings (SSSR count). The van der Waals surface area contributed by atoms with Gasteiger partial charge in [0.25, 0.3) is 0 Å². The van der Waals surface area contributed by atoms with E-state index in [0.29, 0.717) is 0 Å². The number of nitrogens with one attached hydrogen (secondary N) is 1. The summed E-state index contributed by atoms with van der Waals surface area (Å²) in [5, 5.41) is 3.44. The summed E-state index contributed by atoms with van der Waals surface area (Å²) in [4.78, 5) is 16.8. The fourth-order valence-corrected chi connectivity index (χ4v) is 3.66. The Balaban J connectivity index is 1.49. The Labute approximate surface area is 167 Å². The van der Waals surface area contributed by atoms with E-state index in [2.05, 4.69) is 63.3 Å².